The summed E-state index contributed by atoms with van der Waals surface area (Å²) in [4.78, 5) is 19.3. The zero-order valence-corrected chi connectivity index (χ0v) is 16.0. The quantitative estimate of drug-likeness (QED) is 0.852. The molecule has 0 aliphatic carbocycles. The van der Waals surface area contributed by atoms with Gasteiger partial charge in [-0.2, -0.15) is 0 Å². The normalized spacial score (nSPS) is 18.1. The van der Waals surface area contributed by atoms with Gasteiger partial charge in [0, 0.05) is 29.7 Å². The number of benzene rings is 1. The number of hydrogen-bond donors (Lipinski definition) is 1. The zero-order chi connectivity index (χ0) is 17.8. The molecule has 0 saturated carbocycles. The van der Waals surface area contributed by atoms with Crippen LogP contribution in [0.3, 0.4) is 0 Å². The third-order valence-corrected chi connectivity index (χ3v) is 4.78. The number of nitrogens with one attached hydrogen (secondary N) is 1. The Morgan fingerprint density at radius 2 is 2.24 bits per heavy atom. The molecule has 1 amide bonds. The van der Waals surface area contributed by atoms with E-state index in [2.05, 4.69) is 38.2 Å². The molecule has 2 aromatic rings. The van der Waals surface area contributed by atoms with Crippen LogP contribution in [-0.4, -0.2) is 55.2 Å². The van der Waals surface area contributed by atoms with Crippen molar-refractivity contribution in [2.45, 2.75) is 13.0 Å². The number of aryl methyl sites for hydroxylation is 1. The average Bonchev–Trinajstić information content (AvgIpc) is 2.59. The van der Waals surface area contributed by atoms with Crippen LogP contribution in [0.4, 0.5) is 0 Å². The fourth-order valence-corrected chi connectivity index (χ4v) is 3.30. The van der Waals surface area contributed by atoms with Crippen molar-refractivity contribution in [3.8, 4) is 11.3 Å². The van der Waals surface area contributed by atoms with Crippen molar-refractivity contribution in [3.63, 3.8) is 0 Å². The largest absolute Gasteiger partial charge is 0.374 e. The Balaban J connectivity index is 1.67. The molecule has 3 rings (SSSR count). The molecular weight excluding hydrogens is 382 g/mol. The molecule has 1 aliphatic heterocycles. The number of pyridine rings is 1. The summed E-state index contributed by atoms with van der Waals surface area (Å²) in [6.07, 6.45) is 0.0388. The van der Waals surface area contributed by atoms with Crippen LogP contribution < -0.4 is 5.32 Å². The molecule has 0 spiro atoms. The highest BCUT2D eigenvalue weighted by atomic mass is 79.9. The Bertz CT molecular complexity index is 766. The number of likely N-dealkylation sites (N-methyl/N-ethyl adjacent to an activating group) is 1. The molecule has 1 fully saturated rings. The van der Waals surface area contributed by atoms with Gasteiger partial charge in [0.1, 0.15) is 0 Å². The first-order valence-electron chi connectivity index (χ1n) is 8.35. The number of carbonyl (C=O) groups is 1. The van der Waals surface area contributed by atoms with E-state index in [1.807, 2.05) is 43.3 Å². The van der Waals surface area contributed by atoms with Gasteiger partial charge in [-0.15, -0.1) is 0 Å². The minimum Gasteiger partial charge on any atom is -0.374 e. The summed E-state index contributed by atoms with van der Waals surface area (Å²) < 4.78 is 6.68. The SMILES string of the molecule is Cc1nc(-c2cccc(Br)c2)ccc1C(=O)NCC1CN(C)CCO1. The van der Waals surface area contributed by atoms with E-state index in [9.17, 15) is 4.79 Å². The lowest BCUT2D eigenvalue weighted by Crippen LogP contribution is -2.46. The van der Waals surface area contributed by atoms with Gasteiger partial charge in [-0.25, -0.2) is 0 Å². The highest BCUT2D eigenvalue weighted by molar-refractivity contribution is 9.10. The average molecular weight is 404 g/mol. The summed E-state index contributed by atoms with van der Waals surface area (Å²) in [7, 11) is 2.06. The molecule has 1 aromatic heterocycles. The second kappa shape index (κ2) is 8.08. The first-order valence-corrected chi connectivity index (χ1v) is 9.14. The fourth-order valence-electron chi connectivity index (χ4n) is 2.90. The zero-order valence-electron chi connectivity index (χ0n) is 14.5. The van der Waals surface area contributed by atoms with Crippen LogP contribution in [0.1, 0.15) is 16.1 Å². The molecule has 1 unspecified atom stereocenters. The van der Waals surface area contributed by atoms with Gasteiger partial charge in [0.05, 0.1) is 29.7 Å². The molecule has 1 atom stereocenters. The molecule has 132 valence electrons. The van der Waals surface area contributed by atoms with E-state index in [1.165, 1.54) is 0 Å². The van der Waals surface area contributed by atoms with E-state index in [0.717, 1.165) is 34.5 Å². The summed E-state index contributed by atoms with van der Waals surface area (Å²) in [6.45, 7) is 4.85. The Kier molecular flexibility index (Phi) is 5.83. The molecular formula is C19H22BrN3O2. The minimum absolute atomic E-state index is 0.0388. The van der Waals surface area contributed by atoms with Crippen LogP contribution in [0.2, 0.25) is 0 Å². The predicted molar refractivity (Wildman–Crippen MR) is 102 cm³/mol. The summed E-state index contributed by atoms with van der Waals surface area (Å²) >= 11 is 3.47. The third-order valence-electron chi connectivity index (χ3n) is 4.28. The smallest absolute Gasteiger partial charge is 0.253 e. The number of amides is 1. The number of ether oxygens (including phenoxy) is 1. The molecule has 1 aliphatic rings. The second-order valence-electron chi connectivity index (χ2n) is 6.30. The predicted octanol–water partition coefficient (Wildman–Crippen LogP) is 2.88. The van der Waals surface area contributed by atoms with Crippen molar-refractivity contribution in [2.75, 3.05) is 33.3 Å². The Morgan fingerprint density at radius 3 is 2.96 bits per heavy atom. The van der Waals surface area contributed by atoms with Crippen molar-refractivity contribution in [2.24, 2.45) is 0 Å². The molecule has 25 heavy (non-hydrogen) atoms. The van der Waals surface area contributed by atoms with Gasteiger partial charge in [-0.1, -0.05) is 28.1 Å². The molecule has 1 saturated heterocycles. The van der Waals surface area contributed by atoms with Crippen molar-refractivity contribution in [1.29, 1.82) is 0 Å². The van der Waals surface area contributed by atoms with E-state index >= 15 is 0 Å². The first-order chi connectivity index (χ1) is 12.0. The molecule has 1 aromatic carbocycles. The van der Waals surface area contributed by atoms with Crippen LogP contribution >= 0.6 is 15.9 Å². The van der Waals surface area contributed by atoms with Gasteiger partial charge in [0.15, 0.2) is 0 Å². The number of hydrogen-bond acceptors (Lipinski definition) is 4. The number of carbonyl (C=O) groups excluding carboxylic acids is 1. The van der Waals surface area contributed by atoms with Crippen molar-refractivity contribution in [1.82, 2.24) is 15.2 Å². The van der Waals surface area contributed by atoms with Gasteiger partial charge in [0.25, 0.3) is 5.91 Å². The second-order valence-corrected chi connectivity index (χ2v) is 7.22. The van der Waals surface area contributed by atoms with Crippen LogP contribution in [0.15, 0.2) is 40.9 Å². The highest BCUT2D eigenvalue weighted by Crippen LogP contribution is 2.22. The van der Waals surface area contributed by atoms with Crippen LogP contribution in [0, 0.1) is 6.92 Å². The molecule has 1 N–H and O–H groups in total. The molecule has 2 heterocycles. The maximum atomic E-state index is 12.5. The van der Waals surface area contributed by atoms with Gasteiger partial charge < -0.3 is 15.0 Å². The number of aromatic nitrogens is 1. The van der Waals surface area contributed by atoms with Crippen LogP contribution in [0.5, 0.6) is 0 Å². The Morgan fingerprint density at radius 1 is 1.40 bits per heavy atom. The topological polar surface area (TPSA) is 54.5 Å². The fraction of sp³-hybridized carbons (Fsp3) is 0.368. The number of rotatable bonds is 4. The van der Waals surface area contributed by atoms with Gasteiger partial charge >= 0.3 is 0 Å². The van der Waals surface area contributed by atoms with Gasteiger partial charge in [-0.05, 0) is 38.2 Å². The standard InChI is InChI=1S/C19H22BrN3O2/c1-13-17(19(24)21-11-16-12-23(2)8-9-25-16)6-7-18(22-13)14-4-3-5-15(20)10-14/h3-7,10,16H,8-9,11-12H2,1-2H3,(H,21,24). The van der Waals surface area contributed by atoms with Crippen LogP contribution in [-0.2, 0) is 4.74 Å². The van der Waals surface area contributed by atoms with Gasteiger partial charge in [0.2, 0.25) is 0 Å². The van der Waals surface area contributed by atoms with E-state index in [0.29, 0.717) is 18.7 Å². The highest BCUT2D eigenvalue weighted by Gasteiger charge is 2.19. The molecule has 5 nitrogen and oxygen atoms in total. The minimum atomic E-state index is -0.109. The van der Waals surface area contributed by atoms with Crippen LogP contribution in [0.25, 0.3) is 11.3 Å². The lowest BCUT2D eigenvalue weighted by molar-refractivity contribution is -0.0175. The van der Waals surface area contributed by atoms with E-state index in [-0.39, 0.29) is 12.0 Å². The lowest BCUT2D eigenvalue weighted by Gasteiger charge is -2.30. The van der Waals surface area contributed by atoms with Gasteiger partial charge in [-0.3, -0.25) is 9.78 Å². The molecule has 6 heteroatoms. The van der Waals surface area contributed by atoms with E-state index in [4.69, 9.17) is 4.74 Å². The van der Waals surface area contributed by atoms with E-state index < -0.39 is 0 Å². The van der Waals surface area contributed by atoms with Crippen molar-refractivity contribution in [3.05, 3.63) is 52.1 Å². The molecule has 0 radical (unpaired) electrons. The summed E-state index contributed by atoms with van der Waals surface area (Å²) in [5.74, 6) is -0.109. The Hall–Kier alpha value is -1.76. The monoisotopic (exact) mass is 403 g/mol. The summed E-state index contributed by atoms with van der Waals surface area (Å²) in [5.41, 5.74) is 3.19. The first kappa shape index (κ1) is 18.0. The van der Waals surface area contributed by atoms with Crippen molar-refractivity contribution < 1.29 is 9.53 Å². The number of halogens is 1. The maximum absolute atomic E-state index is 12.5. The third kappa shape index (κ3) is 4.66. The summed E-state index contributed by atoms with van der Waals surface area (Å²) in [6, 6.07) is 11.7. The Labute approximate surface area is 156 Å². The number of nitrogens with zero attached hydrogens (tertiary/aromatic N) is 2. The summed E-state index contributed by atoms with van der Waals surface area (Å²) in [5, 5.41) is 2.96. The number of morpholine rings is 1. The maximum Gasteiger partial charge on any atom is 0.253 e. The van der Waals surface area contributed by atoms with E-state index in [1.54, 1.807) is 0 Å². The molecule has 0 bridgehead atoms. The lowest BCUT2D eigenvalue weighted by atomic mass is 10.1. The van der Waals surface area contributed by atoms with Crippen molar-refractivity contribution >= 4 is 21.8 Å².